The van der Waals surface area contributed by atoms with Crippen LogP contribution in [0.15, 0.2) is 53.4 Å². The van der Waals surface area contributed by atoms with Crippen molar-refractivity contribution in [2.24, 2.45) is 5.73 Å². The molecule has 0 radical (unpaired) electrons. The summed E-state index contributed by atoms with van der Waals surface area (Å²) in [6, 6.07) is 13.8. The van der Waals surface area contributed by atoms with Crippen molar-refractivity contribution in [3.8, 4) is 5.75 Å². The number of rotatable bonds is 6. The minimum absolute atomic E-state index is 0.0568. The molecule has 0 aliphatic heterocycles. The molecule has 2 aromatic carbocycles. The maximum atomic E-state index is 13.6. The van der Waals surface area contributed by atoms with Gasteiger partial charge >= 0.3 is 6.09 Å². The molecule has 0 unspecified atom stereocenters. The Bertz CT molecular complexity index is 1040. The quantitative estimate of drug-likeness (QED) is 0.706. The van der Waals surface area contributed by atoms with Crippen LogP contribution in [0.5, 0.6) is 5.75 Å². The van der Waals surface area contributed by atoms with Gasteiger partial charge in [-0.25, -0.2) is 13.2 Å². The van der Waals surface area contributed by atoms with Gasteiger partial charge in [-0.3, -0.25) is 0 Å². The van der Waals surface area contributed by atoms with Gasteiger partial charge in [-0.1, -0.05) is 29.8 Å². The number of amides is 1. The summed E-state index contributed by atoms with van der Waals surface area (Å²) in [5.74, 6) is 0.128. The first kappa shape index (κ1) is 23.1. The molecule has 0 bridgehead atoms. The van der Waals surface area contributed by atoms with Gasteiger partial charge in [0.15, 0.2) is 9.84 Å². The van der Waals surface area contributed by atoms with Crippen LogP contribution in [-0.4, -0.2) is 44.6 Å². The molecule has 2 aromatic rings. The molecule has 0 spiro atoms. The van der Waals surface area contributed by atoms with Crippen LogP contribution in [0, 0.1) is 6.92 Å². The third-order valence-corrected chi connectivity index (χ3v) is 7.78. The van der Waals surface area contributed by atoms with Gasteiger partial charge in [-0.15, -0.1) is 0 Å². The summed E-state index contributed by atoms with van der Waals surface area (Å²) in [6.07, 6.45) is -0.696. The highest BCUT2D eigenvalue weighted by Crippen LogP contribution is 2.57. The molecule has 1 aliphatic carbocycles. The Morgan fingerprint density at radius 2 is 1.68 bits per heavy atom. The third kappa shape index (κ3) is 4.55. The van der Waals surface area contributed by atoms with Crippen LogP contribution in [-0.2, 0) is 14.6 Å². The minimum Gasteiger partial charge on any atom is -0.497 e. The van der Waals surface area contributed by atoms with Crippen molar-refractivity contribution in [3.63, 3.8) is 0 Å². The lowest BCUT2D eigenvalue weighted by Crippen LogP contribution is -2.49. The Morgan fingerprint density at radius 3 is 2.16 bits per heavy atom. The van der Waals surface area contributed by atoms with Crippen molar-refractivity contribution in [2.45, 2.75) is 54.9 Å². The zero-order valence-corrected chi connectivity index (χ0v) is 19.3. The number of carbonyl (C=O) groups is 1. The molecule has 1 amide bonds. The molecule has 168 valence electrons. The number of hydrogen-bond donors (Lipinski definition) is 2. The predicted molar refractivity (Wildman–Crippen MR) is 119 cm³/mol. The van der Waals surface area contributed by atoms with Gasteiger partial charge in [0.2, 0.25) is 0 Å². The molecular weight excluding hydrogens is 416 g/mol. The largest absolute Gasteiger partial charge is 0.497 e. The van der Waals surface area contributed by atoms with Crippen LogP contribution in [0.1, 0.15) is 37.8 Å². The van der Waals surface area contributed by atoms with Crippen LogP contribution < -0.4 is 15.8 Å². The second-order valence-electron chi connectivity index (χ2n) is 8.90. The zero-order valence-electron chi connectivity index (χ0n) is 18.5. The molecule has 1 aliphatic rings. The highest BCUT2D eigenvalue weighted by atomic mass is 32.2. The van der Waals surface area contributed by atoms with Gasteiger partial charge in [-0.2, -0.15) is 0 Å². The van der Waals surface area contributed by atoms with Crippen LogP contribution in [0.4, 0.5) is 4.79 Å². The molecule has 3 N–H and O–H groups in total. The number of nitrogens with two attached hydrogens (primary N) is 1. The molecule has 3 rings (SSSR count). The Balaban J connectivity index is 2.03. The van der Waals surface area contributed by atoms with E-state index < -0.39 is 38.2 Å². The Labute approximate surface area is 183 Å². The van der Waals surface area contributed by atoms with Gasteiger partial charge in [0.25, 0.3) is 0 Å². The molecule has 0 aromatic heterocycles. The second-order valence-corrected chi connectivity index (χ2v) is 11.0. The average Bonchev–Trinajstić information content (AvgIpc) is 3.36. The van der Waals surface area contributed by atoms with E-state index in [1.807, 2.05) is 6.92 Å². The van der Waals surface area contributed by atoms with Gasteiger partial charge in [0.1, 0.15) is 16.6 Å². The van der Waals surface area contributed by atoms with Crippen molar-refractivity contribution in [1.82, 2.24) is 5.32 Å². The highest BCUT2D eigenvalue weighted by molar-refractivity contribution is 7.92. The van der Waals surface area contributed by atoms with E-state index in [9.17, 15) is 13.2 Å². The number of nitrogens with one attached hydrogen (secondary N) is 1. The lowest BCUT2D eigenvalue weighted by atomic mass is 10.1. The topological polar surface area (TPSA) is 108 Å². The Kier molecular flexibility index (Phi) is 6.08. The van der Waals surface area contributed by atoms with Crippen LogP contribution >= 0.6 is 0 Å². The first-order valence-corrected chi connectivity index (χ1v) is 11.6. The van der Waals surface area contributed by atoms with Crippen molar-refractivity contribution in [1.29, 1.82) is 0 Å². The van der Waals surface area contributed by atoms with Crippen molar-refractivity contribution >= 4 is 15.9 Å². The molecule has 31 heavy (non-hydrogen) atoms. The van der Waals surface area contributed by atoms with E-state index >= 15 is 0 Å². The third-order valence-electron chi connectivity index (χ3n) is 5.49. The summed E-state index contributed by atoms with van der Waals surface area (Å²) < 4.78 is 37.8. The number of sulfone groups is 1. The van der Waals surface area contributed by atoms with Gasteiger partial charge < -0.3 is 20.5 Å². The average molecular weight is 447 g/mol. The maximum absolute atomic E-state index is 13.6. The summed E-state index contributed by atoms with van der Waals surface area (Å²) >= 11 is 0. The molecular formula is C23H30N2O5S. The Hall–Kier alpha value is -2.58. The molecule has 3 atom stereocenters. The summed E-state index contributed by atoms with van der Waals surface area (Å²) in [5, 5.41) is 1.87. The molecule has 7 nitrogen and oxygen atoms in total. The lowest BCUT2D eigenvalue weighted by molar-refractivity contribution is 0.0497. The number of carbonyl (C=O) groups excluding carboxylic acids is 1. The first-order valence-electron chi connectivity index (χ1n) is 10.1. The summed E-state index contributed by atoms with van der Waals surface area (Å²) in [6.45, 7) is 7.07. The number of ether oxygens (including phenoxy) is 2. The zero-order chi connectivity index (χ0) is 23.0. The number of hydrogen-bond acceptors (Lipinski definition) is 6. The van der Waals surface area contributed by atoms with Crippen LogP contribution in [0.2, 0.25) is 0 Å². The highest BCUT2D eigenvalue weighted by Gasteiger charge is 2.71. The van der Waals surface area contributed by atoms with Crippen molar-refractivity contribution in [2.75, 3.05) is 13.7 Å². The number of aryl methyl sites for hydroxylation is 1. The smallest absolute Gasteiger partial charge is 0.408 e. The minimum atomic E-state index is -3.79. The predicted octanol–water partition coefficient (Wildman–Crippen LogP) is 3.17. The summed E-state index contributed by atoms with van der Waals surface area (Å²) in [5.41, 5.74) is 5.90. The van der Waals surface area contributed by atoms with E-state index in [4.69, 9.17) is 15.2 Å². The van der Waals surface area contributed by atoms with Crippen LogP contribution in [0.3, 0.4) is 0 Å². The summed E-state index contributed by atoms with van der Waals surface area (Å²) in [4.78, 5) is 12.8. The van der Waals surface area contributed by atoms with E-state index in [1.54, 1.807) is 76.4 Å². The number of methoxy groups -OCH3 is 1. The van der Waals surface area contributed by atoms with Crippen LogP contribution in [0.25, 0.3) is 0 Å². The molecule has 1 saturated carbocycles. The van der Waals surface area contributed by atoms with E-state index in [0.29, 0.717) is 5.75 Å². The molecule has 8 heteroatoms. The monoisotopic (exact) mass is 446 g/mol. The normalized spacial score (nSPS) is 23.2. The lowest BCUT2D eigenvalue weighted by Gasteiger charge is -2.24. The molecule has 1 fully saturated rings. The van der Waals surface area contributed by atoms with Gasteiger partial charge in [-0.05, 0) is 57.5 Å². The van der Waals surface area contributed by atoms with Gasteiger partial charge in [0, 0.05) is 12.5 Å². The molecule has 0 heterocycles. The Morgan fingerprint density at radius 1 is 1.10 bits per heavy atom. The van der Waals surface area contributed by atoms with E-state index in [2.05, 4.69) is 5.32 Å². The second kappa shape index (κ2) is 8.16. The van der Waals surface area contributed by atoms with E-state index in [1.165, 1.54) is 0 Å². The fourth-order valence-corrected chi connectivity index (χ4v) is 6.30. The molecule has 0 saturated heterocycles. The SMILES string of the molecule is COc1ccc([C@@H]2[C@H](S(=O)(=O)c3ccc(C)cc3)[C@@]2(CN)NC(=O)OC(C)(C)C)cc1. The van der Waals surface area contributed by atoms with Crippen molar-refractivity contribution < 1.29 is 22.7 Å². The fraction of sp³-hybridized carbons (Fsp3) is 0.435. The number of alkyl carbamates (subject to hydrolysis) is 1. The first-order chi connectivity index (χ1) is 14.4. The van der Waals surface area contributed by atoms with Crippen molar-refractivity contribution in [3.05, 3.63) is 59.7 Å². The van der Waals surface area contributed by atoms with E-state index in [-0.39, 0.29) is 11.4 Å². The summed E-state index contributed by atoms with van der Waals surface area (Å²) in [7, 11) is -2.23. The maximum Gasteiger partial charge on any atom is 0.408 e. The fourth-order valence-electron chi connectivity index (χ4n) is 3.96. The van der Waals surface area contributed by atoms with Gasteiger partial charge in [0.05, 0.1) is 17.5 Å². The standard InChI is InChI=1S/C23H30N2O5S/c1-15-6-12-18(13-7-15)31(27,28)20-19(16-8-10-17(29-5)11-9-16)23(20,14-24)25-21(26)30-22(2,3)4/h6-13,19-20H,14,24H2,1-5H3,(H,25,26)/t19-,20+,23+/m1/s1. The van der Waals surface area contributed by atoms with E-state index in [0.717, 1.165) is 11.1 Å². The number of benzene rings is 2.